The summed E-state index contributed by atoms with van der Waals surface area (Å²) in [6.07, 6.45) is 0. The molecule has 0 saturated heterocycles. The number of aromatic amines is 1. The summed E-state index contributed by atoms with van der Waals surface area (Å²) in [5.41, 5.74) is 5.34. The average molecular weight is 371 g/mol. The van der Waals surface area contributed by atoms with Crippen molar-refractivity contribution in [2.45, 2.75) is 6.92 Å². The normalized spacial score (nSPS) is 10.4. The molecule has 0 spiro atoms. The lowest BCUT2D eigenvalue weighted by Gasteiger charge is -2.11. The Morgan fingerprint density at radius 2 is 1.78 bits per heavy atom. The minimum absolute atomic E-state index is 0.193. The van der Waals surface area contributed by atoms with Gasteiger partial charge in [0.05, 0.1) is 6.61 Å². The number of H-pyrrole nitrogens is 1. The van der Waals surface area contributed by atoms with E-state index in [9.17, 15) is 14.0 Å². The molecule has 0 aliphatic rings. The van der Waals surface area contributed by atoms with Gasteiger partial charge in [-0.1, -0.05) is 12.1 Å². The Hall–Kier alpha value is -3.55. The zero-order valence-corrected chi connectivity index (χ0v) is 14.5. The molecule has 0 unspecified atom stereocenters. The molecule has 1 heterocycles. The van der Waals surface area contributed by atoms with Crippen LogP contribution in [0.4, 0.5) is 4.39 Å². The standard InChI is InChI=1S/C19H18FN3O4/c1-2-26-16-5-3-4-6-17(16)27-11-18(24)22-23-19(25)15-10-12-9-13(20)7-8-14(12)21-15/h3-10,21H,2,11H2,1H3,(H,22,24)(H,23,25). The number of hydrogen-bond donors (Lipinski definition) is 3. The van der Waals surface area contributed by atoms with Crippen molar-refractivity contribution in [3.05, 3.63) is 60.0 Å². The predicted octanol–water partition coefficient (Wildman–Crippen LogP) is 2.55. The van der Waals surface area contributed by atoms with Gasteiger partial charge in [-0.05, 0) is 43.3 Å². The van der Waals surface area contributed by atoms with Crippen LogP contribution in [0.3, 0.4) is 0 Å². The minimum atomic E-state index is -0.560. The summed E-state index contributed by atoms with van der Waals surface area (Å²) < 4.78 is 24.0. The summed E-state index contributed by atoms with van der Waals surface area (Å²) >= 11 is 0. The van der Waals surface area contributed by atoms with Gasteiger partial charge in [0.2, 0.25) is 0 Å². The van der Waals surface area contributed by atoms with E-state index in [0.717, 1.165) is 0 Å². The number of hydrazine groups is 1. The zero-order chi connectivity index (χ0) is 19.2. The third kappa shape index (κ3) is 4.55. The topological polar surface area (TPSA) is 92.4 Å². The van der Waals surface area contributed by atoms with Gasteiger partial charge >= 0.3 is 0 Å². The van der Waals surface area contributed by atoms with Gasteiger partial charge in [-0.2, -0.15) is 0 Å². The summed E-state index contributed by atoms with van der Waals surface area (Å²) in [4.78, 5) is 26.8. The van der Waals surface area contributed by atoms with Crippen LogP contribution in [0, 0.1) is 5.82 Å². The van der Waals surface area contributed by atoms with Crippen molar-refractivity contribution in [3.8, 4) is 11.5 Å². The summed E-state index contributed by atoms with van der Waals surface area (Å²) in [5.74, 6) is -0.543. The van der Waals surface area contributed by atoms with Crippen LogP contribution in [0.25, 0.3) is 10.9 Å². The fourth-order valence-corrected chi connectivity index (χ4v) is 2.44. The Kier molecular flexibility index (Phi) is 5.55. The maximum absolute atomic E-state index is 13.2. The molecule has 0 aliphatic carbocycles. The predicted molar refractivity (Wildman–Crippen MR) is 97.0 cm³/mol. The lowest BCUT2D eigenvalue weighted by Crippen LogP contribution is -2.43. The van der Waals surface area contributed by atoms with Crippen LogP contribution in [0.15, 0.2) is 48.5 Å². The first-order valence-electron chi connectivity index (χ1n) is 8.29. The number of hydrogen-bond acceptors (Lipinski definition) is 4. The molecule has 2 amide bonds. The second-order valence-electron chi connectivity index (χ2n) is 5.59. The van der Waals surface area contributed by atoms with Crippen LogP contribution in [-0.4, -0.2) is 30.0 Å². The van der Waals surface area contributed by atoms with Crippen LogP contribution in [0.5, 0.6) is 11.5 Å². The molecule has 0 fully saturated rings. The monoisotopic (exact) mass is 371 g/mol. The van der Waals surface area contributed by atoms with E-state index in [-0.39, 0.29) is 12.3 Å². The van der Waals surface area contributed by atoms with E-state index >= 15 is 0 Å². The van der Waals surface area contributed by atoms with Crippen molar-refractivity contribution in [2.75, 3.05) is 13.2 Å². The number of carbonyl (C=O) groups excluding carboxylic acids is 2. The highest BCUT2D eigenvalue weighted by atomic mass is 19.1. The van der Waals surface area contributed by atoms with Gasteiger partial charge in [-0.3, -0.25) is 20.4 Å². The second kappa shape index (κ2) is 8.22. The van der Waals surface area contributed by atoms with E-state index in [2.05, 4.69) is 15.8 Å². The molecule has 0 radical (unpaired) electrons. The van der Waals surface area contributed by atoms with Crippen molar-refractivity contribution in [1.29, 1.82) is 0 Å². The molecule has 1 aromatic heterocycles. The quantitative estimate of drug-likeness (QED) is 0.581. The third-order valence-electron chi connectivity index (χ3n) is 3.65. The molecule has 27 heavy (non-hydrogen) atoms. The fraction of sp³-hybridized carbons (Fsp3) is 0.158. The molecule has 3 rings (SSSR count). The Labute approximate surface area is 154 Å². The number of amides is 2. The van der Waals surface area contributed by atoms with Crippen molar-refractivity contribution in [1.82, 2.24) is 15.8 Å². The van der Waals surface area contributed by atoms with Gasteiger partial charge in [0.15, 0.2) is 18.1 Å². The Morgan fingerprint density at radius 3 is 2.52 bits per heavy atom. The third-order valence-corrected chi connectivity index (χ3v) is 3.65. The molecule has 0 bridgehead atoms. The Balaban J connectivity index is 1.53. The number of nitrogens with one attached hydrogen (secondary N) is 3. The SMILES string of the molecule is CCOc1ccccc1OCC(=O)NNC(=O)c1cc2cc(F)ccc2[nH]1. The summed E-state index contributed by atoms with van der Waals surface area (Å²) in [7, 11) is 0. The van der Waals surface area contributed by atoms with Gasteiger partial charge in [-0.15, -0.1) is 0 Å². The molecular weight excluding hydrogens is 353 g/mol. The molecule has 0 aliphatic heterocycles. The number of halogens is 1. The van der Waals surface area contributed by atoms with Crippen molar-refractivity contribution >= 4 is 22.7 Å². The van der Waals surface area contributed by atoms with Gasteiger partial charge in [0, 0.05) is 10.9 Å². The van der Waals surface area contributed by atoms with Gasteiger partial charge in [0.25, 0.3) is 11.8 Å². The highest BCUT2D eigenvalue weighted by Crippen LogP contribution is 2.26. The number of carbonyl (C=O) groups is 2. The number of aromatic nitrogens is 1. The number of fused-ring (bicyclic) bond motifs is 1. The first-order valence-corrected chi connectivity index (χ1v) is 8.29. The molecule has 0 atom stereocenters. The molecule has 3 N–H and O–H groups in total. The Bertz CT molecular complexity index is 970. The smallest absolute Gasteiger partial charge is 0.286 e. The zero-order valence-electron chi connectivity index (χ0n) is 14.5. The molecular formula is C19H18FN3O4. The number of benzene rings is 2. The molecule has 8 heteroatoms. The summed E-state index contributed by atoms with van der Waals surface area (Å²) in [5, 5.41) is 0.558. The summed E-state index contributed by atoms with van der Waals surface area (Å²) in [6.45, 7) is 2.01. The molecule has 7 nitrogen and oxygen atoms in total. The minimum Gasteiger partial charge on any atom is -0.490 e. The lowest BCUT2D eigenvalue weighted by molar-refractivity contribution is -0.123. The maximum atomic E-state index is 13.2. The molecule has 2 aromatic carbocycles. The van der Waals surface area contributed by atoms with Crippen LogP contribution in [0.1, 0.15) is 17.4 Å². The van der Waals surface area contributed by atoms with Crippen LogP contribution < -0.4 is 20.3 Å². The number of rotatable bonds is 6. The van der Waals surface area contributed by atoms with Crippen LogP contribution in [-0.2, 0) is 4.79 Å². The molecule has 3 aromatic rings. The first-order chi connectivity index (χ1) is 13.1. The van der Waals surface area contributed by atoms with Gasteiger partial charge in [0.1, 0.15) is 11.5 Å². The highest BCUT2D eigenvalue weighted by molar-refractivity contribution is 5.98. The van der Waals surface area contributed by atoms with Crippen LogP contribution >= 0.6 is 0 Å². The van der Waals surface area contributed by atoms with Crippen molar-refractivity contribution in [3.63, 3.8) is 0 Å². The van der Waals surface area contributed by atoms with E-state index < -0.39 is 17.6 Å². The highest BCUT2D eigenvalue weighted by Gasteiger charge is 2.12. The second-order valence-corrected chi connectivity index (χ2v) is 5.59. The molecule has 140 valence electrons. The lowest BCUT2D eigenvalue weighted by atomic mass is 10.2. The largest absolute Gasteiger partial charge is 0.490 e. The van der Waals surface area contributed by atoms with Crippen molar-refractivity contribution in [2.24, 2.45) is 0 Å². The van der Waals surface area contributed by atoms with E-state index in [1.807, 2.05) is 6.92 Å². The van der Waals surface area contributed by atoms with E-state index in [1.54, 1.807) is 24.3 Å². The van der Waals surface area contributed by atoms with E-state index in [1.165, 1.54) is 24.3 Å². The number of ether oxygens (including phenoxy) is 2. The first kappa shape index (κ1) is 18.2. The summed E-state index contributed by atoms with van der Waals surface area (Å²) in [6, 6.07) is 12.6. The maximum Gasteiger partial charge on any atom is 0.286 e. The van der Waals surface area contributed by atoms with Crippen LogP contribution in [0.2, 0.25) is 0 Å². The van der Waals surface area contributed by atoms with Crippen molar-refractivity contribution < 1.29 is 23.5 Å². The van der Waals surface area contributed by atoms with E-state index in [4.69, 9.17) is 9.47 Å². The van der Waals surface area contributed by atoms with E-state index in [0.29, 0.717) is 29.0 Å². The van der Waals surface area contributed by atoms with Gasteiger partial charge in [-0.25, -0.2) is 4.39 Å². The molecule has 0 saturated carbocycles. The average Bonchev–Trinajstić information content (AvgIpc) is 3.09. The number of para-hydroxylation sites is 2. The fourth-order valence-electron chi connectivity index (χ4n) is 2.44. The van der Waals surface area contributed by atoms with Gasteiger partial charge < -0.3 is 14.5 Å². The Morgan fingerprint density at radius 1 is 1.04 bits per heavy atom.